The van der Waals surface area contributed by atoms with E-state index in [-0.39, 0.29) is 0 Å². The van der Waals surface area contributed by atoms with Crippen LogP contribution >= 0.6 is 11.3 Å². The molecule has 0 saturated heterocycles. The first-order chi connectivity index (χ1) is 25.8. The van der Waals surface area contributed by atoms with Crippen LogP contribution in [0.15, 0.2) is 187 Å². The van der Waals surface area contributed by atoms with Crippen molar-refractivity contribution in [3.63, 3.8) is 0 Å². The molecule has 0 fully saturated rings. The highest BCUT2D eigenvalue weighted by Crippen LogP contribution is 2.49. The molecule has 9 aromatic carbocycles. The van der Waals surface area contributed by atoms with Gasteiger partial charge >= 0.3 is 0 Å². The van der Waals surface area contributed by atoms with Gasteiger partial charge in [-0.25, -0.2) is 0 Å². The molecule has 0 amide bonds. The van der Waals surface area contributed by atoms with Gasteiger partial charge in [0.1, 0.15) is 5.76 Å². The van der Waals surface area contributed by atoms with Gasteiger partial charge in [-0.15, -0.1) is 11.3 Å². The smallest absolute Gasteiger partial charge is 0.135 e. The third kappa shape index (κ3) is 4.28. The van der Waals surface area contributed by atoms with Crippen LogP contribution in [0.25, 0.3) is 108 Å². The molecule has 52 heavy (non-hydrogen) atoms. The number of hydrogen-bond donors (Lipinski definition) is 0. The van der Waals surface area contributed by atoms with E-state index in [0.717, 1.165) is 11.3 Å². The molecule has 0 spiro atoms. The first-order valence-electron chi connectivity index (χ1n) is 17.8. The van der Waals surface area contributed by atoms with E-state index in [9.17, 15) is 0 Å². The average Bonchev–Trinajstić information content (AvgIpc) is 3.88. The Bertz CT molecular complexity index is 3050. The summed E-state index contributed by atoms with van der Waals surface area (Å²) in [6.07, 6.45) is 1.76. The Kier molecular flexibility index (Phi) is 6.49. The Morgan fingerprint density at radius 3 is 1.38 bits per heavy atom. The van der Waals surface area contributed by atoms with E-state index >= 15 is 0 Å². The van der Waals surface area contributed by atoms with Crippen molar-refractivity contribution in [3.05, 3.63) is 182 Å². The highest BCUT2D eigenvalue weighted by Gasteiger charge is 2.21. The summed E-state index contributed by atoms with van der Waals surface area (Å²) in [5, 5.41) is 12.5. The molecule has 0 N–H and O–H groups in total. The van der Waals surface area contributed by atoms with Crippen LogP contribution in [-0.4, -0.2) is 0 Å². The van der Waals surface area contributed by atoms with Crippen molar-refractivity contribution in [2.45, 2.75) is 0 Å². The first-order valence-corrected chi connectivity index (χ1v) is 18.6. The molecular formula is C50H30OS. The van der Waals surface area contributed by atoms with Crippen LogP contribution in [0.4, 0.5) is 0 Å². The maximum atomic E-state index is 6.01. The molecule has 0 unspecified atom stereocenters. The van der Waals surface area contributed by atoms with Crippen LogP contribution < -0.4 is 0 Å². The van der Waals surface area contributed by atoms with Crippen LogP contribution in [0, 0.1) is 0 Å². The summed E-state index contributed by atoms with van der Waals surface area (Å²) in [5.41, 5.74) is 8.74. The van der Waals surface area contributed by atoms with Crippen molar-refractivity contribution < 1.29 is 4.42 Å². The third-order valence-corrected chi connectivity index (χ3v) is 12.0. The minimum absolute atomic E-state index is 0.891. The molecule has 0 aliphatic heterocycles. The van der Waals surface area contributed by atoms with E-state index in [2.05, 4.69) is 170 Å². The van der Waals surface area contributed by atoms with Gasteiger partial charge in [-0.2, -0.15) is 0 Å². The zero-order valence-corrected chi connectivity index (χ0v) is 29.0. The summed E-state index contributed by atoms with van der Waals surface area (Å²) >= 11 is 1.90. The lowest BCUT2D eigenvalue weighted by Gasteiger charge is -2.18. The Morgan fingerprint density at radius 1 is 0.327 bits per heavy atom. The molecule has 242 valence electrons. The summed E-state index contributed by atoms with van der Waals surface area (Å²) in [6, 6.07) is 64.2. The second kappa shape index (κ2) is 11.5. The van der Waals surface area contributed by atoms with Gasteiger partial charge in [0.2, 0.25) is 0 Å². The monoisotopic (exact) mass is 678 g/mol. The van der Waals surface area contributed by atoms with Crippen molar-refractivity contribution in [1.82, 2.24) is 0 Å². The summed E-state index contributed by atoms with van der Waals surface area (Å²) in [4.78, 5) is 0. The Hall–Kier alpha value is -6.48. The number of benzene rings is 9. The predicted molar refractivity (Wildman–Crippen MR) is 223 cm³/mol. The number of hydrogen-bond acceptors (Lipinski definition) is 2. The number of rotatable bonds is 4. The normalized spacial score (nSPS) is 11.8. The number of thiophene rings is 1. The van der Waals surface area contributed by atoms with E-state index in [0.29, 0.717) is 0 Å². The number of furan rings is 1. The molecule has 0 aliphatic carbocycles. The molecule has 11 rings (SSSR count). The second-order valence-corrected chi connectivity index (χ2v) is 14.6. The fraction of sp³-hybridized carbons (Fsp3) is 0. The van der Waals surface area contributed by atoms with Gasteiger partial charge < -0.3 is 4.42 Å². The average molecular weight is 679 g/mol. The Labute approximate surface area is 304 Å². The third-order valence-electron chi connectivity index (χ3n) is 10.7. The Balaban J connectivity index is 1.19. The molecule has 0 bridgehead atoms. The van der Waals surface area contributed by atoms with E-state index in [1.807, 2.05) is 17.4 Å². The Morgan fingerprint density at radius 2 is 0.827 bits per heavy atom. The van der Waals surface area contributed by atoms with Gasteiger partial charge in [0.05, 0.1) is 6.26 Å². The molecule has 0 radical (unpaired) electrons. The molecular weight excluding hydrogens is 649 g/mol. The highest BCUT2D eigenvalue weighted by molar-refractivity contribution is 7.26. The van der Waals surface area contributed by atoms with Crippen molar-refractivity contribution in [2.24, 2.45) is 0 Å². The topological polar surface area (TPSA) is 13.1 Å². The van der Waals surface area contributed by atoms with Gasteiger partial charge in [-0.1, -0.05) is 152 Å². The maximum Gasteiger partial charge on any atom is 0.135 e. The molecule has 0 aliphatic rings. The standard InChI is InChI=1S/C50H30OS/c1-2-14-31(15-3-1)46-33-16-4-8-20-37(33)48(38-21-9-5-17-34(38)46)42-25-12-24-41-43-30-32(27-28-45(43)52-50(41)42)47-35-18-6-10-22-39(35)49(44-26-13-29-51-44)40-23-11-7-19-36(40)47/h1-30H. The van der Waals surface area contributed by atoms with Crippen LogP contribution in [0.3, 0.4) is 0 Å². The fourth-order valence-corrected chi connectivity index (χ4v) is 9.81. The molecule has 2 heteroatoms. The van der Waals surface area contributed by atoms with Gasteiger partial charge in [-0.05, 0) is 95.2 Å². The summed E-state index contributed by atoms with van der Waals surface area (Å²) in [7, 11) is 0. The van der Waals surface area contributed by atoms with E-state index in [1.54, 1.807) is 6.26 Å². The molecule has 1 nitrogen and oxygen atoms in total. The SMILES string of the molecule is c1ccc(-c2c3ccccc3c(-c3cccc4c3sc3ccc(-c5c6ccccc6c(-c6ccco6)c6ccccc56)cc34)c3ccccc23)cc1. The zero-order chi connectivity index (χ0) is 34.2. The molecule has 11 aromatic rings. The van der Waals surface area contributed by atoms with E-state index < -0.39 is 0 Å². The van der Waals surface area contributed by atoms with Gasteiger partial charge in [-0.3, -0.25) is 0 Å². The van der Waals surface area contributed by atoms with E-state index in [4.69, 9.17) is 4.42 Å². The van der Waals surface area contributed by atoms with Crippen molar-refractivity contribution in [3.8, 4) is 44.7 Å². The lowest BCUT2D eigenvalue weighted by molar-refractivity contribution is 0.583. The number of fused-ring (bicyclic) bond motifs is 7. The largest absolute Gasteiger partial charge is 0.464 e. The first kappa shape index (κ1) is 29.3. The fourth-order valence-electron chi connectivity index (χ4n) is 8.61. The van der Waals surface area contributed by atoms with Gasteiger partial charge in [0.25, 0.3) is 0 Å². The van der Waals surface area contributed by atoms with Crippen LogP contribution in [-0.2, 0) is 0 Å². The summed E-state index contributed by atoms with van der Waals surface area (Å²) in [6.45, 7) is 0. The van der Waals surface area contributed by atoms with Gasteiger partial charge in [0, 0.05) is 31.3 Å². The summed E-state index contributed by atoms with van der Waals surface area (Å²) < 4.78 is 8.62. The lowest BCUT2D eigenvalue weighted by Crippen LogP contribution is -1.90. The van der Waals surface area contributed by atoms with Crippen molar-refractivity contribution in [1.29, 1.82) is 0 Å². The summed E-state index contributed by atoms with van der Waals surface area (Å²) in [5.74, 6) is 0.891. The van der Waals surface area contributed by atoms with Crippen LogP contribution in [0.5, 0.6) is 0 Å². The van der Waals surface area contributed by atoms with Crippen molar-refractivity contribution in [2.75, 3.05) is 0 Å². The van der Waals surface area contributed by atoms with Crippen molar-refractivity contribution >= 4 is 74.6 Å². The molecule has 2 heterocycles. The zero-order valence-electron chi connectivity index (χ0n) is 28.1. The van der Waals surface area contributed by atoms with E-state index in [1.165, 1.54) is 96.6 Å². The lowest BCUT2D eigenvalue weighted by atomic mass is 9.85. The predicted octanol–water partition coefficient (Wildman–Crippen LogP) is 14.9. The quantitative estimate of drug-likeness (QED) is 0.169. The van der Waals surface area contributed by atoms with Gasteiger partial charge in [0.15, 0.2) is 0 Å². The van der Waals surface area contributed by atoms with Crippen LogP contribution in [0.2, 0.25) is 0 Å². The maximum absolute atomic E-state index is 6.01. The second-order valence-electron chi connectivity index (χ2n) is 13.5. The highest BCUT2D eigenvalue weighted by atomic mass is 32.1. The van der Waals surface area contributed by atoms with Crippen LogP contribution in [0.1, 0.15) is 0 Å². The molecule has 0 atom stereocenters. The minimum Gasteiger partial charge on any atom is -0.464 e. The molecule has 0 saturated carbocycles. The minimum atomic E-state index is 0.891. The molecule has 2 aromatic heterocycles.